The summed E-state index contributed by atoms with van der Waals surface area (Å²) in [7, 11) is 2.07. The van der Waals surface area contributed by atoms with Crippen LogP contribution in [0, 0.1) is 5.82 Å². The number of hydrogen-bond donors (Lipinski definition) is 2. The Bertz CT molecular complexity index is 843. The molecule has 1 aliphatic heterocycles. The minimum Gasteiger partial charge on any atom is -0.379 e. The molecule has 0 aromatic heterocycles. The van der Waals surface area contributed by atoms with Gasteiger partial charge in [0.2, 0.25) is 0 Å². The van der Waals surface area contributed by atoms with Crippen molar-refractivity contribution < 1.29 is 9.13 Å². The van der Waals surface area contributed by atoms with E-state index in [9.17, 15) is 4.39 Å². The standard InChI is InChI=1S/C25H36FN5O.HI/c1-3-27-25(28-12-13-30(2)19-21-8-10-24(26)11-9-21)29-18-22-6-4-5-7-23(22)20-31-14-16-32-17-15-31;/h4-11H,3,12-20H2,1-2H3,(H2,27,28,29);1H. The average molecular weight is 570 g/mol. The normalized spacial score (nSPS) is 14.7. The number of likely N-dealkylation sites (N-methyl/N-ethyl adjacent to an activating group) is 1. The van der Waals surface area contributed by atoms with E-state index in [1.54, 1.807) is 0 Å². The Hall–Kier alpha value is -1.75. The van der Waals surface area contributed by atoms with E-state index in [1.165, 1.54) is 23.3 Å². The second-order valence-corrected chi connectivity index (χ2v) is 8.14. The quantitative estimate of drug-likeness (QED) is 0.261. The monoisotopic (exact) mass is 569 g/mol. The summed E-state index contributed by atoms with van der Waals surface area (Å²) in [6.45, 7) is 10.5. The molecule has 0 bridgehead atoms. The van der Waals surface area contributed by atoms with E-state index < -0.39 is 0 Å². The zero-order valence-corrected chi connectivity index (χ0v) is 22.1. The average Bonchev–Trinajstić information content (AvgIpc) is 2.80. The fourth-order valence-electron chi connectivity index (χ4n) is 3.72. The molecule has 0 atom stereocenters. The SMILES string of the molecule is CCNC(=NCc1ccccc1CN1CCOCC1)NCCN(C)Cc1ccc(F)cc1.I. The van der Waals surface area contributed by atoms with Crippen LogP contribution in [0.3, 0.4) is 0 Å². The molecule has 1 heterocycles. The Morgan fingerprint density at radius 1 is 1.06 bits per heavy atom. The van der Waals surface area contributed by atoms with Gasteiger partial charge in [-0.25, -0.2) is 9.38 Å². The van der Waals surface area contributed by atoms with Gasteiger partial charge in [-0.3, -0.25) is 4.90 Å². The van der Waals surface area contributed by atoms with Crippen LogP contribution in [0.2, 0.25) is 0 Å². The Balaban J connectivity index is 0.00000385. The third-order valence-corrected chi connectivity index (χ3v) is 5.52. The lowest BCUT2D eigenvalue weighted by Gasteiger charge is -2.27. The summed E-state index contributed by atoms with van der Waals surface area (Å²) in [6.07, 6.45) is 0. The third-order valence-electron chi connectivity index (χ3n) is 5.52. The van der Waals surface area contributed by atoms with Gasteiger partial charge in [-0.05, 0) is 42.8 Å². The highest BCUT2D eigenvalue weighted by Gasteiger charge is 2.12. The summed E-state index contributed by atoms with van der Waals surface area (Å²) in [5.41, 5.74) is 3.68. The van der Waals surface area contributed by atoms with Crippen LogP contribution in [0.5, 0.6) is 0 Å². The summed E-state index contributed by atoms with van der Waals surface area (Å²) in [6, 6.07) is 15.2. The first-order valence-corrected chi connectivity index (χ1v) is 11.5. The van der Waals surface area contributed by atoms with Crippen molar-refractivity contribution in [2.24, 2.45) is 4.99 Å². The van der Waals surface area contributed by atoms with Crippen molar-refractivity contribution in [1.82, 2.24) is 20.4 Å². The van der Waals surface area contributed by atoms with Crippen LogP contribution in [0.15, 0.2) is 53.5 Å². The number of ether oxygens (including phenoxy) is 1. The van der Waals surface area contributed by atoms with Crippen LogP contribution in [0.4, 0.5) is 4.39 Å². The maximum atomic E-state index is 13.1. The van der Waals surface area contributed by atoms with Crippen molar-refractivity contribution in [3.63, 3.8) is 0 Å². The van der Waals surface area contributed by atoms with Gasteiger partial charge >= 0.3 is 0 Å². The molecule has 3 rings (SSSR count). The molecule has 2 aromatic carbocycles. The van der Waals surface area contributed by atoms with Gasteiger partial charge in [0.15, 0.2) is 5.96 Å². The van der Waals surface area contributed by atoms with Gasteiger partial charge in [0, 0.05) is 45.8 Å². The van der Waals surface area contributed by atoms with Gasteiger partial charge in [0.05, 0.1) is 19.8 Å². The largest absolute Gasteiger partial charge is 0.379 e. The van der Waals surface area contributed by atoms with Crippen molar-refractivity contribution in [1.29, 1.82) is 0 Å². The second-order valence-electron chi connectivity index (χ2n) is 8.14. The highest BCUT2D eigenvalue weighted by Crippen LogP contribution is 2.14. The number of hydrogen-bond acceptors (Lipinski definition) is 4. The third kappa shape index (κ3) is 9.95. The fourth-order valence-corrected chi connectivity index (χ4v) is 3.72. The Kier molecular flexibility index (Phi) is 12.7. The van der Waals surface area contributed by atoms with Crippen molar-refractivity contribution >= 4 is 29.9 Å². The van der Waals surface area contributed by atoms with Crippen molar-refractivity contribution in [3.05, 3.63) is 71.0 Å². The van der Waals surface area contributed by atoms with E-state index in [-0.39, 0.29) is 29.8 Å². The molecule has 0 unspecified atom stereocenters. The first-order chi connectivity index (χ1) is 15.6. The summed E-state index contributed by atoms with van der Waals surface area (Å²) < 4.78 is 18.5. The lowest BCUT2D eigenvalue weighted by Crippen LogP contribution is -2.40. The summed E-state index contributed by atoms with van der Waals surface area (Å²) in [5, 5.41) is 6.76. The molecule has 6 nitrogen and oxygen atoms in total. The predicted octanol–water partition coefficient (Wildman–Crippen LogP) is 3.46. The van der Waals surface area contributed by atoms with Crippen molar-refractivity contribution in [2.75, 3.05) is 53.0 Å². The van der Waals surface area contributed by atoms with E-state index in [4.69, 9.17) is 9.73 Å². The van der Waals surface area contributed by atoms with Gasteiger partial charge in [0.1, 0.15) is 5.82 Å². The van der Waals surface area contributed by atoms with Gasteiger partial charge < -0.3 is 20.3 Å². The van der Waals surface area contributed by atoms with Crippen molar-refractivity contribution in [3.8, 4) is 0 Å². The van der Waals surface area contributed by atoms with Crippen LogP contribution in [-0.4, -0.2) is 68.7 Å². The number of nitrogens with zero attached hydrogens (tertiary/aromatic N) is 3. The number of aliphatic imine (C=N–C) groups is 1. The molecule has 8 heteroatoms. The molecular weight excluding hydrogens is 532 g/mol. The first-order valence-electron chi connectivity index (χ1n) is 11.5. The molecule has 1 fully saturated rings. The topological polar surface area (TPSA) is 52.1 Å². The number of guanidine groups is 1. The van der Waals surface area contributed by atoms with Crippen LogP contribution in [0.1, 0.15) is 23.6 Å². The molecule has 0 spiro atoms. The van der Waals surface area contributed by atoms with Crippen LogP contribution in [0.25, 0.3) is 0 Å². The zero-order valence-electron chi connectivity index (χ0n) is 19.7. The predicted molar refractivity (Wildman–Crippen MR) is 144 cm³/mol. The molecule has 0 saturated carbocycles. The molecule has 33 heavy (non-hydrogen) atoms. The van der Waals surface area contributed by atoms with Gasteiger partial charge in [-0.2, -0.15) is 0 Å². The number of benzene rings is 2. The maximum Gasteiger partial charge on any atom is 0.191 e. The zero-order chi connectivity index (χ0) is 22.6. The molecule has 2 N–H and O–H groups in total. The Morgan fingerprint density at radius 3 is 2.45 bits per heavy atom. The Morgan fingerprint density at radius 2 is 1.76 bits per heavy atom. The molecule has 2 aromatic rings. The maximum absolute atomic E-state index is 13.1. The molecule has 1 aliphatic rings. The highest BCUT2D eigenvalue weighted by atomic mass is 127. The highest BCUT2D eigenvalue weighted by molar-refractivity contribution is 14.0. The van der Waals surface area contributed by atoms with Crippen LogP contribution < -0.4 is 10.6 Å². The smallest absolute Gasteiger partial charge is 0.191 e. The molecular formula is C25H37FIN5O. The lowest BCUT2D eigenvalue weighted by molar-refractivity contribution is 0.0341. The van der Waals surface area contributed by atoms with E-state index in [2.05, 4.69) is 58.7 Å². The van der Waals surface area contributed by atoms with E-state index >= 15 is 0 Å². The number of rotatable bonds is 10. The number of halogens is 2. The molecule has 0 aliphatic carbocycles. The fraction of sp³-hybridized carbons (Fsp3) is 0.480. The minimum absolute atomic E-state index is 0. The summed E-state index contributed by atoms with van der Waals surface area (Å²) in [5.74, 6) is 0.625. The molecule has 1 saturated heterocycles. The number of morpholine rings is 1. The van der Waals surface area contributed by atoms with Gasteiger partial charge in [0.25, 0.3) is 0 Å². The summed E-state index contributed by atoms with van der Waals surface area (Å²) >= 11 is 0. The second kappa shape index (κ2) is 15.2. The lowest BCUT2D eigenvalue weighted by atomic mass is 10.1. The van der Waals surface area contributed by atoms with Crippen molar-refractivity contribution in [2.45, 2.75) is 26.6 Å². The van der Waals surface area contributed by atoms with Crippen LogP contribution in [-0.2, 0) is 24.4 Å². The molecule has 0 radical (unpaired) electrons. The van der Waals surface area contributed by atoms with Gasteiger partial charge in [-0.15, -0.1) is 24.0 Å². The first kappa shape index (κ1) is 27.5. The summed E-state index contributed by atoms with van der Waals surface area (Å²) in [4.78, 5) is 9.47. The van der Waals surface area contributed by atoms with E-state index in [1.807, 2.05) is 12.1 Å². The number of nitrogens with one attached hydrogen (secondary N) is 2. The Labute approximate surface area is 214 Å². The van der Waals surface area contributed by atoms with E-state index in [0.717, 1.165) is 70.6 Å². The van der Waals surface area contributed by atoms with E-state index in [0.29, 0.717) is 6.54 Å². The molecule has 182 valence electrons. The molecule has 0 amide bonds. The van der Waals surface area contributed by atoms with Gasteiger partial charge in [-0.1, -0.05) is 36.4 Å². The van der Waals surface area contributed by atoms with Crippen LogP contribution >= 0.6 is 24.0 Å². The minimum atomic E-state index is -0.198.